The Morgan fingerprint density at radius 1 is 1.19 bits per heavy atom. The van der Waals surface area contributed by atoms with Crippen molar-refractivity contribution in [1.82, 2.24) is 19.7 Å². The number of anilines is 1. The SMILES string of the molecule is Cc1nc(C2CC2)nc2sc(C(=O)Nc3ccnn3C3CCCC3)c(C)c12. The second kappa shape index (κ2) is 6.41. The number of hydrogen-bond donors (Lipinski definition) is 1. The van der Waals surface area contributed by atoms with E-state index in [9.17, 15) is 4.79 Å². The van der Waals surface area contributed by atoms with Crippen LogP contribution in [0.5, 0.6) is 0 Å². The van der Waals surface area contributed by atoms with Gasteiger partial charge in [0.05, 0.1) is 22.8 Å². The van der Waals surface area contributed by atoms with Gasteiger partial charge in [0.1, 0.15) is 16.5 Å². The maximum atomic E-state index is 13.0. The fourth-order valence-corrected chi connectivity index (χ4v) is 5.26. The number of amides is 1. The number of hydrogen-bond acceptors (Lipinski definition) is 5. The van der Waals surface area contributed by atoms with Gasteiger partial charge in [0, 0.05) is 17.4 Å². The van der Waals surface area contributed by atoms with E-state index in [-0.39, 0.29) is 5.91 Å². The summed E-state index contributed by atoms with van der Waals surface area (Å²) in [5, 5.41) is 8.55. The Morgan fingerprint density at radius 2 is 1.96 bits per heavy atom. The standard InChI is InChI=1S/C20H23N5OS/c1-11-16-12(2)22-18(13-7-8-13)24-20(16)27-17(11)19(26)23-15-9-10-21-25(15)14-5-3-4-6-14/h9-10,13-14H,3-8H2,1-2H3,(H,23,26). The predicted molar refractivity (Wildman–Crippen MR) is 107 cm³/mol. The quantitative estimate of drug-likeness (QED) is 0.708. The average Bonchev–Trinajstić information content (AvgIpc) is 3.03. The number of carbonyl (C=O) groups is 1. The van der Waals surface area contributed by atoms with Gasteiger partial charge in [-0.05, 0) is 45.1 Å². The first-order valence-corrected chi connectivity index (χ1v) is 10.6. The van der Waals surface area contributed by atoms with E-state index < -0.39 is 0 Å². The molecule has 0 bridgehead atoms. The van der Waals surface area contributed by atoms with Crippen LogP contribution in [0.1, 0.15) is 77.2 Å². The van der Waals surface area contributed by atoms with Crippen LogP contribution in [0.25, 0.3) is 10.2 Å². The predicted octanol–water partition coefficient (Wildman–Crippen LogP) is 4.75. The highest BCUT2D eigenvalue weighted by atomic mass is 32.1. The minimum absolute atomic E-state index is 0.0809. The molecular formula is C20H23N5OS. The third kappa shape index (κ3) is 2.94. The molecule has 2 aliphatic rings. The number of thiophene rings is 1. The molecule has 3 aromatic heterocycles. The molecule has 1 amide bonds. The molecule has 7 heteroatoms. The van der Waals surface area contributed by atoms with Crippen molar-refractivity contribution in [2.45, 2.75) is 64.3 Å². The monoisotopic (exact) mass is 381 g/mol. The molecule has 0 unspecified atom stereocenters. The lowest BCUT2D eigenvalue weighted by Crippen LogP contribution is -2.17. The maximum absolute atomic E-state index is 13.0. The lowest BCUT2D eigenvalue weighted by Gasteiger charge is -2.14. The van der Waals surface area contributed by atoms with Gasteiger partial charge in [-0.2, -0.15) is 5.10 Å². The molecule has 1 N–H and O–H groups in total. The van der Waals surface area contributed by atoms with Crippen LogP contribution in [0, 0.1) is 13.8 Å². The fourth-order valence-electron chi connectivity index (χ4n) is 4.13. The van der Waals surface area contributed by atoms with Gasteiger partial charge >= 0.3 is 0 Å². The molecule has 5 rings (SSSR count). The van der Waals surface area contributed by atoms with Crippen LogP contribution in [-0.4, -0.2) is 25.7 Å². The third-order valence-corrected chi connectivity index (χ3v) is 6.90. The number of rotatable bonds is 4. The van der Waals surface area contributed by atoms with Gasteiger partial charge in [0.2, 0.25) is 0 Å². The van der Waals surface area contributed by atoms with Crippen LogP contribution in [0.4, 0.5) is 5.82 Å². The summed E-state index contributed by atoms with van der Waals surface area (Å²) in [5.41, 5.74) is 1.95. The topological polar surface area (TPSA) is 72.7 Å². The van der Waals surface area contributed by atoms with Crippen LogP contribution in [-0.2, 0) is 0 Å². The van der Waals surface area contributed by atoms with Gasteiger partial charge in [0.15, 0.2) is 0 Å². The van der Waals surface area contributed by atoms with E-state index in [4.69, 9.17) is 4.98 Å². The number of aryl methyl sites for hydroxylation is 2. The molecule has 0 aliphatic heterocycles. The summed E-state index contributed by atoms with van der Waals surface area (Å²) in [4.78, 5) is 24.1. The second-order valence-corrected chi connectivity index (χ2v) is 8.73. The van der Waals surface area contributed by atoms with Crippen LogP contribution < -0.4 is 5.32 Å². The van der Waals surface area contributed by atoms with E-state index in [1.807, 2.05) is 24.6 Å². The molecule has 0 spiro atoms. The number of nitrogens with one attached hydrogen (secondary N) is 1. The van der Waals surface area contributed by atoms with Gasteiger partial charge in [-0.15, -0.1) is 11.3 Å². The van der Waals surface area contributed by atoms with Crippen molar-refractivity contribution in [3.63, 3.8) is 0 Å². The zero-order valence-corrected chi connectivity index (χ0v) is 16.5. The minimum Gasteiger partial charge on any atom is -0.306 e. The van der Waals surface area contributed by atoms with Crippen molar-refractivity contribution in [3.05, 3.63) is 34.2 Å². The van der Waals surface area contributed by atoms with Gasteiger partial charge in [-0.25, -0.2) is 14.6 Å². The summed E-state index contributed by atoms with van der Waals surface area (Å²) < 4.78 is 1.98. The van der Waals surface area contributed by atoms with Gasteiger partial charge in [0.25, 0.3) is 5.91 Å². The summed E-state index contributed by atoms with van der Waals surface area (Å²) in [6, 6.07) is 2.28. The highest BCUT2D eigenvalue weighted by Crippen LogP contribution is 2.40. The molecule has 0 aromatic carbocycles. The normalized spacial score (nSPS) is 17.7. The first-order valence-electron chi connectivity index (χ1n) is 9.74. The van der Waals surface area contributed by atoms with E-state index >= 15 is 0 Å². The second-order valence-electron chi connectivity index (χ2n) is 7.73. The summed E-state index contributed by atoms with van der Waals surface area (Å²) in [6.07, 6.45) is 8.84. The molecule has 2 aliphatic carbocycles. The smallest absolute Gasteiger partial charge is 0.267 e. The molecule has 2 saturated carbocycles. The van der Waals surface area contributed by atoms with E-state index in [0.29, 0.717) is 12.0 Å². The molecular weight excluding hydrogens is 358 g/mol. The van der Waals surface area contributed by atoms with Crippen molar-refractivity contribution in [3.8, 4) is 0 Å². The van der Waals surface area contributed by atoms with E-state index in [2.05, 4.69) is 15.4 Å². The Morgan fingerprint density at radius 3 is 2.70 bits per heavy atom. The van der Waals surface area contributed by atoms with E-state index in [1.165, 1.54) is 37.0 Å². The number of fused-ring (bicyclic) bond motifs is 1. The summed E-state index contributed by atoms with van der Waals surface area (Å²) >= 11 is 1.47. The maximum Gasteiger partial charge on any atom is 0.267 e. The number of nitrogens with zero attached hydrogens (tertiary/aromatic N) is 4. The van der Waals surface area contributed by atoms with Crippen LogP contribution in [0.3, 0.4) is 0 Å². The summed E-state index contributed by atoms with van der Waals surface area (Å²) in [5.74, 6) is 2.15. The van der Waals surface area contributed by atoms with Crippen molar-refractivity contribution < 1.29 is 4.79 Å². The van der Waals surface area contributed by atoms with Crippen molar-refractivity contribution >= 4 is 33.3 Å². The van der Waals surface area contributed by atoms with Crippen LogP contribution >= 0.6 is 11.3 Å². The molecule has 3 heterocycles. The molecule has 27 heavy (non-hydrogen) atoms. The molecule has 6 nitrogen and oxygen atoms in total. The van der Waals surface area contributed by atoms with Gasteiger partial charge in [-0.3, -0.25) is 4.79 Å². The molecule has 3 aromatic rings. The number of carbonyl (C=O) groups excluding carboxylic acids is 1. The lowest BCUT2D eigenvalue weighted by atomic mass is 10.1. The summed E-state index contributed by atoms with van der Waals surface area (Å²) in [6.45, 7) is 4.02. The molecule has 0 radical (unpaired) electrons. The largest absolute Gasteiger partial charge is 0.306 e. The Labute approximate surface area is 162 Å². The zero-order chi connectivity index (χ0) is 18.5. The first kappa shape index (κ1) is 16.9. The fraction of sp³-hybridized carbons (Fsp3) is 0.500. The Kier molecular flexibility index (Phi) is 4.00. The van der Waals surface area contributed by atoms with Crippen LogP contribution in [0.2, 0.25) is 0 Å². The van der Waals surface area contributed by atoms with Crippen molar-refractivity contribution in [2.75, 3.05) is 5.32 Å². The first-order chi connectivity index (χ1) is 13.1. The Balaban J connectivity index is 1.47. The third-order valence-electron chi connectivity index (χ3n) is 5.72. The molecule has 140 valence electrons. The summed E-state index contributed by atoms with van der Waals surface area (Å²) in [7, 11) is 0. The van der Waals surface area contributed by atoms with Crippen molar-refractivity contribution in [1.29, 1.82) is 0 Å². The average molecular weight is 382 g/mol. The Bertz CT molecular complexity index is 1030. The van der Waals surface area contributed by atoms with Gasteiger partial charge < -0.3 is 5.32 Å². The zero-order valence-electron chi connectivity index (χ0n) is 15.7. The van der Waals surface area contributed by atoms with Crippen LogP contribution in [0.15, 0.2) is 12.3 Å². The van der Waals surface area contributed by atoms with E-state index in [0.717, 1.165) is 50.8 Å². The highest BCUT2D eigenvalue weighted by Gasteiger charge is 2.29. The highest BCUT2D eigenvalue weighted by molar-refractivity contribution is 7.20. The van der Waals surface area contributed by atoms with Crippen molar-refractivity contribution in [2.24, 2.45) is 0 Å². The number of aromatic nitrogens is 4. The minimum atomic E-state index is -0.0809. The van der Waals surface area contributed by atoms with Gasteiger partial charge in [-0.1, -0.05) is 12.8 Å². The Hall–Kier alpha value is -2.28. The van der Waals surface area contributed by atoms with E-state index in [1.54, 1.807) is 6.20 Å². The molecule has 0 saturated heterocycles. The lowest BCUT2D eigenvalue weighted by molar-refractivity contribution is 0.102. The molecule has 0 atom stereocenters. The molecule has 2 fully saturated rings.